The van der Waals surface area contributed by atoms with Gasteiger partial charge in [-0.1, -0.05) is 23.7 Å². The van der Waals surface area contributed by atoms with Gasteiger partial charge < -0.3 is 0 Å². The van der Waals surface area contributed by atoms with E-state index in [4.69, 9.17) is 11.6 Å². The molecule has 6 heteroatoms. The average molecular weight is 397 g/mol. The minimum atomic E-state index is -0.277. The lowest BCUT2D eigenvalue weighted by molar-refractivity contribution is -0.00721. The van der Waals surface area contributed by atoms with Gasteiger partial charge >= 0.3 is 0 Å². The van der Waals surface area contributed by atoms with Crippen molar-refractivity contribution >= 4 is 23.2 Å². The lowest BCUT2D eigenvalue weighted by atomic mass is 9.49. The molecule has 4 saturated carbocycles. The normalized spacial score (nSPS) is 31.2. The predicted molar refractivity (Wildman–Crippen MR) is 110 cm³/mol. The quantitative estimate of drug-likeness (QED) is 0.581. The van der Waals surface area contributed by atoms with Gasteiger partial charge in [-0.05, 0) is 87.0 Å². The molecule has 1 amide bonds. The SMILES string of the molecule is C/C(=N/NC(=O)c1cc(C23CC4CC(CC(C4)C2)C3)[nH]n1)c1ccc(Cl)cc1. The van der Waals surface area contributed by atoms with Crippen molar-refractivity contribution in [2.45, 2.75) is 50.9 Å². The van der Waals surface area contributed by atoms with Crippen molar-refractivity contribution in [2.75, 3.05) is 0 Å². The van der Waals surface area contributed by atoms with Crippen LogP contribution in [0.2, 0.25) is 5.02 Å². The van der Waals surface area contributed by atoms with E-state index in [1.807, 2.05) is 37.3 Å². The van der Waals surface area contributed by atoms with Crippen LogP contribution in [-0.2, 0) is 5.41 Å². The third-order valence-corrected chi connectivity index (χ3v) is 7.26. The number of nitrogens with zero attached hydrogens (tertiary/aromatic N) is 2. The van der Waals surface area contributed by atoms with Crippen molar-refractivity contribution in [1.82, 2.24) is 15.6 Å². The van der Waals surface area contributed by atoms with Crippen molar-refractivity contribution in [1.29, 1.82) is 0 Å². The van der Waals surface area contributed by atoms with E-state index in [9.17, 15) is 4.79 Å². The van der Waals surface area contributed by atoms with Crippen LogP contribution in [0, 0.1) is 17.8 Å². The van der Waals surface area contributed by atoms with Gasteiger partial charge in [0.25, 0.3) is 5.91 Å². The number of rotatable bonds is 4. The maximum atomic E-state index is 12.6. The van der Waals surface area contributed by atoms with Crippen LogP contribution >= 0.6 is 11.6 Å². The van der Waals surface area contributed by atoms with Gasteiger partial charge in [0, 0.05) is 16.1 Å². The molecule has 1 heterocycles. The van der Waals surface area contributed by atoms with Crippen molar-refractivity contribution in [2.24, 2.45) is 22.9 Å². The Morgan fingerprint density at radius 3 is 2.36 bits per heavy atom. The van der Waals surface area contributed by atoms with Crippen LogP contribution in [0.4, 0.5) is 0 Å². The summed E-state index contributed by atoms with van der Waals surface area (Å²) in [4.78, 5) is 12.6. The van der Waals surface area contributed by atoms with Gasteiger partial charge in [-0.15, -0.1) is 0 Å². The maximum absolute atomic E-state index is 12.6. The number of amides is 1. The Balaban J connectivity index is 1.30. The van der Waals surface area contributed by atoms with Crippen molar-refractivity contribution in [3.05, 3.63) is 52.3 Å². The standard InChI is InChI=1S/C22H25ClN4O/c1-13(17-2-4-18(23)5-3-17)24-27-21(28)19-9-20(26-25-19)22-10-14-6-15(11-22)8-16(7-14)12-22/h2-5,9,14-16H,6-8,10-12H2,1H3,(H,25,26)(H,27,28)/b24-13-. The van der Waals surface area contributed by atoms with Crippen molar-refractivity contribution in [3.8, 4) is 0 Å². The molecule has 4 aliphatic carbocycles. The van der Waals surface area contributed by atoms with Crippen LogP contribution in [-0.4, -0.2) is 21.8 Å². The summed E-state index contributed by atoms with van der Waals surface area (Å²) in [6.07, 6.45) is 7.94. The molecule has 4 fully saturated rings. The zero-order chi connectivity index (χ0) is 19.3. The first-order valence-electron chi connectivity index (χ1n) is 10.2. The Hall–Kier alpha value is -2.14. The first-order chi connectivity index (χ1) is 13.5. The second kappa shape index (κ2) is 6.73. The molecule has 0 unspecified atom stereocenters. The minimum Gasteiger partial charge on any atom is -0.281 e. The maximum Gasteiger partial charge on any atom is 0.291 e. The molecule has 0 spiro atoms. The number of H-pyrrole nitrogens is 1. The summed E-state index contributed by atoms with van der Waals surface area (Å²) in [5.74, 6) is 2.30. The Labute approximate surface area is 169 Å². The monoisotopic (exact) mass is 396 g/mol. The molecule has 1 aromatic heterocycles. The van der Waals surface area contributed by atoms with Gasteiger partial charge in [-0.3, -0.25) is 9.89 Å². The molecule has 0 radical (unpaired) electrons. The highest BCUT2D eigenvalue weighted by molar-refractivity contribution is 6.30. The topological polar surface area (TPSA) is 70.1 Å². The van der Waals surface area contributed by atoms with Gasteiger partial charge in [0.05, 0.1) is 5.71 Å². The lowest BCUT2D eigenvalue weighted by Gasteiger charge is -2.56. The smallest absolute Gasteiger partial charge is 0.281 e. The molecule has 4 aliphatic rings. The lowest BCUT2D eigenvalue weighted by Crippen LogP contribution is -2.48. The average Bonchev–Trinajstić information content (AvgIpc) is 3.16. The van der Waals surface area contributed by atoms with Crippen LogP contribution in [0.3, 0.4) is 0 Å². The van der Waals surface area contributed by atoms with Crippen LogP contribution in [0.15, 0.2) is 35.4 Å². The van der Waals surface area contributed by atoms with Crippen LogP contribution in [0.25, 0.3) is 0 Å². The van der Waals surface area contributed by atoms with Crippen molar-refractivity contribution in [3.63, 3.8) is 0 Å². The highest BCUT2D eigenvalue weighted by atomic mass is 35.5. The second-order valence-electron chi connectivity index (χ2n) is 9.01. The Kier molecular flexibility index (Phi) is 4.31. The first-order valence-corrected chi connectivity index (χ1v) is 10.5. The van der Waals surface area contributed by atoms with Gasteiger partial charge in [0.2, 0.25) is 0 Å². The number of benzene rings is 1. The predicted octanol–water partition coefficient (Wildman–Crippen LogP) is 4.68. The Bertz CT molecular complexity index is 895. The fourth-order valence-electron chi connectivity index (χ4n) is 6.10. The highest BCUT2D eigenvalue weighted by Gasteiger charge is 2.52. The summed E-state index contributed by atoms with van der Waals surface area (Å²) in [5.41, 5.74) is 6.05. The number of halogens is 1. The second-order valence-corrected chi connectivity index (χ2v) is 9.45. The van der Waals surface area contributed by atoms with E-state index in [1.54, 1.807) is 0 Å². The summed E-state index contributed by atoms with van der Waals surface area (Å²) >= 11 is 5.92. The van der Waals surface area contributed by atoms with Crippen LogP contribution in [0.1, 0.15) is 67.2 Å². The molecule has 5 nitrogen and oxygen atoms in total. The number of aromatic nitrogens is 2. The summed E-state index contributed by atoms with van der Waals surface area (Å²) in [5, 5.41) is 12.4. The molecule has 4 bridgehead atoms. The number of aromatic amines is 1. The molecular formula is C22H25ClN4O. The molecule has 28 heavy (non-hydrogen) atoms. The molecule has 0 aliphatic heterocycles. The molecule has 6 rings (SSSR count). The van der Waals surface area contributed by atoms with E-state index in [0.717, 1.165) is 34.7 Å². The van der Waals surface area contributed by atoms with Crippen molar-refractivity contribution < 1.29 is 4.79 Å². The molecule has 0 saturated heterocycles. The molecule has 2 aromatic rings. The zero-order valence-electron chi connectivity index (χ0n) is 16.0. The van der Waals surface area contributed by atoms with Gasteiger partial charge in [-0.25, -0.2) is 5.43 Å². The number of hydrogen-bond acceptors (Lipinski definition) is 3. The van der Waals surface area contributed by atoms with Crippen LogP contribution in [0.5, 0.6) is 0 Å². The molecular weight excluding hydrogens is 372 g/mol. The minimum absolute atomic E-state index is 0.211. The summed E-state index contributed by atoms with van der Waals surface area (Å²) < 4.78 is 0. The van der Waals surface area contributed by atoms with E-state index in [2.05, 4.69) is 20.7 Å². The van der Waals surface area contributed by atoms with E-state index in [-0.39, 0.29) is 11.3 Å². The van der Waals surface area contributed by atoms with Crippen LogP contribution < -0.4 is 5.43 Å². The third-order valence-electron chi connectivity index (χ3n) is 7.01. The molecule has 0 atom stereocenters. The molecule has 146 valence electrons. The van der Waals surface area contributed by atoms with E-state index in [1.165, 1.54) is 38.5 Å². The van der Waals surface area contributed by atoms with E-state index < -0.39 is 0 Å². The van der Waals surface area contributed by atoms with Gasteiger partial charge in [0.1, 0.15) is 0 Å². The van der Waals surface area contributed by atoms with Gasteiger partial charge in [0.15, 0.2) is 5.69 Å². The van der Waals surface area contributed by atoms with E-state index >= 15 is 0 Å². The Morgan fingerprint density at radius 1 is 1.14 bits per heavy atom. The number of carbonyl (C=O) groups excluding carboxylic acids is 1. The molecule has 2 N–H and O–H groups in total. The van der Waals surface area contributed by atoms with E-state index in [0.29, 0.717) is 10.7 Å². The highest BCUT2D eigenvalue weighted by Crippen LogP contribution is 2.60. The first kappa shape index (κ1) is 17.9. The third kappa shape index (κ3) is 3.16. The Morgan fingerprint density at radius 2 is 1.75 bits per heavy atom. The zero-order valence-corrected chi connectivity index (χ0v) is 16.8. The summed E-state index contributed by atoms with van der Waals surface area (Å²) in [6.45, 7) is 1.86. The number of hydrogen-bond donors (Lipinski definition) is 2. The molecule has 1 aromatic carbocycles. The summed E-state index contributed by atoms with van der Waals surface area (Å²) in [7, 11) is 0. The number of hydrazone groups is 1. The fourth-order valence-corrected chi connectivity index (χ4v) is 6.22. The fraction of sp³-hybridized carbons (Fsp3) is 0.500. The number of nitrogens with one attached hydrogen (secondary N) is 2. The number of carbonyl (C=O) groups is 1. The summed E-state index contributed by atoms with van der Waals surface area (Å²) in [6, 6.07) is 9.34. The van der Waals surface area contributed by atoms with Gasteiger partial charge in [-0.2, -0.15) is 10.2 Å². The largest absolute Gasteiger partial charge is 0.291 e.